The van der Waals surface area contributed by atoms with Gasteiger partial charge in [-0.2, -0.15) is 0 Å². The van der Waals surface area contributed by atoms with E-state index in [-0.39, 0.29) is 36.0 Å². The Bertz CT molecular complexity index is 489. The third-order valence-electron chi connectivity index (χ3n) is 3.29. The molecule has 1 heterocycles. The fraction of sp³-hybridized carbons (Fsp3) is 0.714. The summed E-state index contributed by atoms with van der Waals surface area (Å²) in [5.74, 6) is 1.19. The zero-order chi connectivity index (χ0) is 18.1. The molecular weight excluding hydrogens is 356 g/mol. The van der Waals surface area contributed by atoms with Crippen LogP contribution in [0.4, 0.5) is 11.5 Å². The smallest absolute Gasteiger partial charge is 0.191 e. The highest BCUT2D eigenvalue weighted by Crippen LogP contribution is 2.25. The van der Waals surface area contributed by atoms with Crippen LogP contribution in [0.25, 0.3) is 0 Å². The number of hydrogen-bond acceptors (Lipinski definition) is 9. The fourth-order valence-electron chi connectivity index (χ4n) is 2.01. The number of nitrogens with zero attached hydrogens (tertiary/aromatic N) is 2. The molecule has 24 heavy (non-hydrogen) atoms. The number of hydrogen-bond donors (Lipinski definition) is 5. The van der Waals surface area contributed by atoms with Crippen LogP contribution in [0, 0.1) is 0 Å². The molecule has 0 saturated heterocycles. The van der Waals surface area contributed by atoms with E-state index in [0.29, 0.717) is 18.0 Å². The molecule has 3 atom stereocenters. The van der Waals surface area contributed by atoms with Gasteiger partial charge in [0.2, 0.25) is 0 Å². The summed E-state index contributed by atoms with van der Waals surface area (Å²) in [4.78, 5) is 7.97. The lowest BCUT2D eigenvalue weighted by atomic mass is 10.2. The van der Waals surface area contributed by atoms with Crippen molar-refractivity contribution in [1.29, 1.82) is 0 Å². The molecule has 138 valence electrons. The van der Waals surface area contributed by atoms with Crippen molar-refractivity contribution in [2.24, 2.45) is 0 Å². The molecule has 10 heteroatoms. The third-order valence-corrected chi connectivity index (χ3v) is 4.63. The van der Waals surface area contributed by atoms with Crippen LogP contribution in [0.3, 0.4) is 0 Å². The normalized spacial score (nSPS) is 23.0. The molecule has 2 rings (SSSR count). The van der Waals surface area contributed by atoms with Crippen LogP contribution in [0.15, 0.2) is 5.16 Å². The Morgan fingerprint density at radius 3 is 2.50 bits per heavy atom. The predicted octanol–water partition coefficient (Wildman–Crippen LogP) is 0.676. The number of ether oxygens (including phenoxy) is 1. The second-order valence-corrected chi connectivity index (χ2v) is 6.63. The Kier molecular flexibility index (Phi) is 9.64. The lowest BCUT2D eigenvalue weighted by Gasteiger charge is -2.16. The van der Waals surface area contributed by atoms with E-state index in [4.69, 9.17) is 38.0 Å². The van der Waals surface area contributed by atoms with Crippen molar-refractivity contribution >= 4 is 34.9 Å². The molecule has 0 radical (unpaired) electrons. The van der Waals surface area contributed by atoms with Crippen LogP contribution < -0.4 is 11.5 Å². The molecule has 0 amide bonds. The molecule has 1 aliphatic rings. The minimum atomic E-state index is -0.776. The van der Waals surface area contributed by atoms with E-state index in [9.17, 15) is 5.11 Å². The van der Waals surface area contributed by atoms with Crippen LogP contribution in [0.5, 0.6) is 0 Å². The first-order valence-electron chi connectivity index (χ1n) is 7.70. The van der Waals surface area contributed by atoms with Gasteiger partial charge in [0, 0.05) is 5.75 Å². The van der Waals surface area contributed by atoms with Crippen molar-refractivity contribution in [2.75, 3.05) is 30.4 Å². The van der Waals surface area contributed by atoms with E-state index >= 15 is 0 Å². The SMILES string of the molecule is CCCSc1nc(N)c(N)c(Cl)n1.OCCOC1CC[C@H](O)[C@@H]1O. The van der Waals surface area contributed by atoms with Gasteiger partial charge in [0.05, 0.1) is 25.4 Å². The van der Waals surface area contributed by atoms with Crippen LogP contribution in [0.1, 0.15) is 26.2 Å². The number of halogens is 1. The largest absolute Gasteiger partial charge is 0.394 e. The highest BCUT2D eigenvalue weighted by Gasteiger charge is 2.33. The van der Waals surface area contributed by atoms with E-state index < -0.39 is 12.2 Å². The Labute approximate surface area is 150 Å². The molecule has 0 spiro atoms. The summed E-state index contributed by atoms with van der Waals surface area (Å²) in [7, 11) is 0. The molecule has 1 aromatic rings. The summed E-state index contributed by atoms with van der Waals surface area (Å²) in [5, 5.41) is 27.5. The Morgan fingerprint density at radius 2 is 2.00 bits per heavy atom. The fourth-order valence-corrected chi connectivity index (χ4v) is 2.94. The molecule has 1 unspecified atom stereocenters. The molecule has 1 aromatic heterocycles. The van der Waals surface area contributed by atoms with Crippen LogP contribution in [-0.4, -0.2) is 62.6 Å². The first-order valence-corrected chi connectivity index (χ1v) is 9.06. The standard InChI is InChI=1S/C7H11ClN4S.C7H14O4/c1-2-3-13-7-11-5(8)4(9)6(10)12-7;8-3-4-11-6-2-1-5(9)7(6)10/h2-3,9H2,1H3,(H2,10,11,12);5-10H,1-4H2/t;5-,6?,7-/m.0/s1. The summed E-state index contributed by atoms with van der Waals surface area (Å²) >= 11 is 7.24. The molecule has 1 saturated carbocycles. The second kappa shape index (κ2) is 10.9. The maximum atomic E-state index is 9.23. The topological polar surface area (TPSA) is 148 Å². The zero-order valence-electron chi connectivity index (χ0n) is 13.6. The number of anilines is 2. The van der Waals surface area contributed by atoms with Gasteiger partial charge < -0.3 is 31.5 Å². The molecular formula is C14H25ClN4O4S. The van der Waals surface area contributed by atoms with Gasteiger partial charge in [0.15, 0.2) is 16.1 Å². The predicted molar refractivity (Wildman–Crippen MR) is 95.0 cm³/mol. The minimum absolute atomic E-state index is 0.0423. The number of aromatic nitrogens is 2. The summed E-state index contributed by atoms with van der Waals surface area (Å²) in [5.41, 5.74) is 11.3. The number of nitrogens with two attached hydrogens (primary N) is 2. The average Bonchev–Trinajstić information content (AvgIpc) is 2.88. The van der Waals surface area contributed by atoms with Crippen LogP contribution in [-0.2, 0) is 4.74 Å². The quantitative estimate of drug-likeness (QED) is 0.273. The Morgan fingerprint density at radius 1 is 1.29 bits per heavy atom. The van der Waals surface area contributed by atoms with Crippen LogP contribution >= 0.6 is 23.4 Å². The van der Waals surface area contributed by atoms with Gasteiger partial charge in [0.1, 0.15) is 11.8 Å². The number of aliphatic hydroxyl groups is 3. The third kappa shape index (κ3) is 6.58. The van der Waals surface area contributed by atoms with Gasteiger partial charge in [-0.25, -0.2) is 9.97 Å². The molecule has 8 nitrogen and oxygen atoms in total. The van der Waals surface area contributed by atoms with Crippen molar-refractivity contribution in [3.8, 4) is 0 Å². The first-order chi connectivity index (χ1) is 11.4. The minimum Gasteiger partial charge on any atom is -0.394 e. The molecule has 0 bridgehead atoms. The number of nitrogen functional groups attached to an aromatic ring is 2. The van der Waals surface area contributed by atoms with E-state index in [1.807, 2.05) is 0 Å². The van der Waals surface area contributed by atoms with Crippen molar-refractivity contribution in [3.63, 3.8) is 0 Å². The summed E-state index contributed by atoms with van der Waals surface area (Å²) in [6, 6.07) is 0. The van der Waals surface area contributed by atoms with Crippen LogP contribution in [0.2, 0.25) is 5.15 Å². The van der Waals surface area contributed by atoms with Crippen molar-refractivity contribution in [3.05, 3.63) is 5.15 Å². The number of thioether (sulfide) groups is 1. The maximum absolute atomic E-state index is 9.23. The maximum Gasteiger partial charge on any atom is 0.191 e. The highest BCUT2D eigenvalue weighted by atomic mass is 35.5. The summed E-state index contributed by atoms with van der Waals surface area (Å²) in [6.45, 7) is 2.27. The first kappa shape index (κ1) is 21.2. The lowest BCUT2D eigenvalue weighted by molar-refractivity contribution is -0.0608. The summed E-state index contributed by atoms with van der Waals surface area (Å²) < 4.78 is 5.07. The Hall–Kier alpha value is -0.840. The zero-order valence-corrected chi connectivity index (χ0v) is 15.1. The van der Waals surface area contributed by atoms with Gasteiger partial charge in [0.25, 0.3) is 0 Å². The Balaban J connectivity index is 0.000000243. The highest BCUT2D eigenvalue weighted by molar-refractivity contribution is 7.99. The van der Waals surface area contributed by atoms with E-state index in [1.54, 1.807) is 0 Å². The van der Waals surface area contributed by atoms with E-state index in [1.165, 1.54) is 11.8 Å². The van der Waals surface area contributed by atoms with Crippen molar-refractivity contribution in [1.82, 2.24) is 9.97 Å². The van der Waals surface area contributed by atoms with Gasteiger partial charge in [-0.1, -0.05) is 30.3 Å². The van der Waals surface area contributed by atoms with E-state index in [2.05, 4.69) is 16.9 Å². The number of rotatable bonds is 6. The van der Waals surface area contributed by atoms with E-state index in [0.717, 1.165) is 12.2 Å². The van der Waals surface area contributed by atoms with Gasteiger partial charge >= 0.3 is 0 Å². The summed E-state index contributed by atoms with van der Waals surface area (Å²) in [6.07, 6.45) is 0.576. The molecule has 7 N–H and O–H groups in total. The van der Waals surface area contributed by atoms with Gasteiger partial charge in [-0.15, -0.1) is 0 Å². The van der Waals surface area contributed by atoms with Gasteiger partial charge in [-0.05, 0) is 19.3 Å². The molecule has 0 aliphatic heterocycles. The van der Waals surface area contributed by atoms with Crippen molar-refractivity contribution in [2.45, 2.75) is 49.7 Å². The molecule has 1 aliphatic carbocycles. The lowest BCUT2D eigenvalue weighted by Crippen LogP contribution is -2.31. The molecule has 0 aromatic carbocycles. The second-order valence-electron chi connectivity index (χ2n) is 5.21. The number of aliphatic hydroxyl groups excluding tert-OH is 3. The average molecular weight is 381 g/mol. The molecule has 1 fully saturated rings. The van der Waals surface area contributed by atoms with Crippen molar-refractivity contribution < 1.29 is 20.1 Å². The monoisotopic (exact) mass is 380 g/mol. The van der Waals surface area contributed by atoms with Gasteiger partial charge in [-0.3, -0.25) is 0 Å².